The highest BCUT2D eigenvalue weighted by atomic mass is 16.5. The second kappa shape index (κ2) is 10.3. The van der Waals surface area contributed by atoms with Gasteiger partial charge in [-0.2, -0.15) is 9.97 Å². The summed E-state index contributed by atoms with van der Waals surface area (Å²) in [6.45, 7) is 2.02. The van der Waals surface area contributed by atoms with Crippen molar-refractivity contribution in [2.75, 3.05) is 31.8 Å². The zero-order chi connectivity index (χ0) is 27.2. The van der Waals surface area contributed by atoms with Crippen molar-refractivity contribution >= 4 is 11.6 Å². The molecule has 8 rings (SSSR count). The molecule has 2 bridgehead atoms. The van der Waals surface area contributed by atoms with E-state index in [4.69, 9.17) is 19.0 Å². The molecule has 1 saturated heterocycles. The lowest BCUT2D eigenvalue weighted by Gasteiger charge is -2.53. The number of nitrogens with zero attached hydrogens (tertiary/aromatic N) is 5. The van der Waals surface area contributed by atoms with Crippen molar-refractivity contribution in [1.82, 2.24) is 20.1 Å². The Kier molecular flexibility index (Phi) is 6.57. The SMILES string of the molecule is COc1nccc(-c2cccc(N(CC34CCC(c5nc(C6CC6)no5)(CC3)CC4)C(=O)C3CCOCC3)c2)n1. The van der Waals surface area contributed by atoms with Crippen LogP contribution < -0.4 is 9.64 Å². The first-order valence-electron chi connectivity index (χ1n) is 14.8. The first-order chi connectivity index (χ1) is 19.6. The van der Waals surface area contributed by atoms with Gasteiger partial charge >= 0.3 is 6.01 Å². The number of benzene rings is 1. The van der Waals surface area contributed by atoms with Gasteiger partial charge < -0.3 is 18.9 Å². The molecule has 2 aromatic heterocycles. The maximum absolute atomic E-state index is 14.1. The van der Waals surface area contributed by atoms with Crippen LogP contribution in [0, 0.1) is 11.3 Å². The van der Waals surface area contributed by atoms with Gasteiger partial charge in [-0.25, -0.2) is 4.98 Å². The van der Waals surface area contributed by atoms with Gasteiger partial charge in [-0.15, -0.1) is 0 Å². The van der Waals surface area contributed by atoms with Crippen molar-refractivity contribution in [2.45, 2.75) is 75.5 Å². The summed E-state index contributed by atoms with van der Waals surface area (Å²) in [5.74, 6) is 2.46. The molecule has 5 aliphatic rings. The van der Waals surface area contributed by atoms with Crippen LogP contribution in [0.5, 0.6) is 6.01 Å². The Hall–Kier alpha value is -3.33. The van der Waals surface area contributed by atoms with Crippen LogP contribution in [0.3, 0.4) is 0 Å². The van der Waals surface area contributed by atoms with Crippen LogP contribution in [0.15, 0.2) is 41.1 Å². The van der Waals surface area contributed by atoms with Gasteiger partial charge in [0.15, 0.2) is 5.82 Å². The topological polar surface area (TPSA) is 103 Å². The number of anilines is 1. The predicted molar refractivity (Wildman–Crippen MR) is 148 cm³/mol. The molecule has 5 fully saturated rings. The summed E-state index contributed by atoms with van der Waals surface area (Å²) in [5, 5.41) is 4.32. The van der Waals surface area contributed by atoms with Crippen LogP contribution in [-0.4, -0.2) is 52.9 Å². The lowest BCUT2D eigenvalue weighted by molar-refractivity contribution is -0.126. The van der Waals surface area contributed by atoms with E-state index in [0.717, 1.165) is 86.6 Å². The van der Waals surface area contributed by atoms with E-state index in [1.165, 1.54) is 12.8 Å². The van der Waals surface area contributed by atoms with E-state index in [1.54, 1.807) is 13.3 Å². The van der Waals surface area contributed by atoms with E-state index in [0.29, 0.717) is 25.1 Å². The van der Waals surface area contributed by atoms with Gasteiger partial charge in [-0.3, -0.25) is 4.79 Å². The van der Waals surface area contributed by atoms with Crippen molar-refractivity contribution < 1.29 is 18.8 Å². The van der Waals surface area contributed by atoms with Crippen molar-refractivity contribution in [3.05, 3.63) is 48.2 Å². The molecule has 210 valence electrons. The first-order valence-corrected chi connectivity index (χ1v) is 14.8. The molecular weight excluding hydrogens is 506 g/mol. The maximum Gasteiger partial charge on any atom is 0.316 e. The Balaban J connectivity index is 1.15. The number of amides is 1. The van der Waals surface area contributed by atoms with Crippen LogP contribution in [0.2, 0.25) is 0 Å². The largest absolute Gasteiger partial charge is 0.467 e. The molecule has 3 aromatic rings. The van der Waals surface area contributed by atoms with Gasteiger partial charge in [0.25, 0.3) is 0 Å². The molecule has 0 N–H and O–H groups in total. The molecule has 40 heavy (non-hydrogen) atoms. The molecule has 0 unspecified atom stereocenters. The zero-order valence-corrected chi connectivity index (χ0v) is 23.2. The number of fused-ring (bicyclic) bond motifs is 3. The Labute approximate surface area is 234 Å². The Morgan fingerprint density at radius 3 is 2.52 bits per heavy atom. The van der Waals surface area contributed by atoms with Crippen LogP contribution in [-0.2, 0) is 14.9 Å². The molecule has 9 nitrogen and oxygen atoms in total. The van der Waals surface area contributed by atoms with Crippen LogP contribution in [0.25, 0.3) is 11.3 Å². The van der Waals surface area contributed by atoms with Gasteiger partial charge in [0.2, 0.25) is 11.8 Å². The molecule has 9 heteroatoms. The predicted octanol–water partition coefficient (Wildman–Crippen LogP) is 5.46. The summed E-state index contributed by atoms with van der Waals surface area (Å²) in [6.07, 6.45) is 11.9. The molecule has 4 aliphatic carbocycles. The number of carbonyl (C=O) groups is 1. The number of rotatable bonds is 8. The van der Waals surface area contributed by atoms with Crippen molar-refractivity contribution in [3.63, 3.8) is 0 Å². The second-order valence-electron chi connectivity index (χ2n) is 12.3. The maximum atomic E-state index is 14.1. The fraction of sp³-hybridized carbons (Fsp3) is 0.581. The van der Waals surface area contributed by atoms with E-state index in [-0.39, 0.29) is 22.7 Å². The molecule has 1 aromatic carbocycles. The molecule has 0 radical (unpaired) electrons. The van der Waals surface area contributed by atoms with Gasteiger partial charge in [0.1, 0.15) is 0 Å². The molecule has 0 atom stereocenters. The standard InChI is InChI=1S/C31H37N5O4/c1-38-29-32-16-7-25(33-29)23-3-2-4-24(19-23)36(27(37)22-8-17-39-18-9-22)20-30-10-13-31(14-11-30,15-12-30)28-34-26(35-40-28)21-5-6-21/h2-4,7,16,19,21-22H,5-6,8-15,17-18,20H2,1H3. The van der Waals surface area contributed by atoms with Crippen molar-refractivity contribution in [1.29, 1.82) is 0 Å². The van der Waals surface area contributed by atoms with E-state index >= 15 is 0 Å². The Morgan fingerprint density at radius 2 is 1.80 bits per heavy atom. The normalized spacial score (nSPS) is 26.5. The smallest absolute Gasteiger partial charge is 0.316 e. The molecule has 4 saturated carbocycles. The highest BCUT2D eigenvalue weighted by Gasteiger charge is 2.53. The van der Waals surface area contributed by atoms with Crippen molar-refractivity contribution in [2.24, 2.45) is 11.3 Å². The number of aromatic nitrogens is 4. The van der Waals surface area contributed by atoms with Crippen molar-refractivity contribution in [3.8, 4) is 17.3 Å². The molecular formula is C31H37N5O4. The Morgan fingerprint density at radius 1 is 1.02 bits per heavy atom. The van der Waals surface area contributed by atoms with Crippen LogP contribution >= 0.6 is 0 Å². The molecule has 3 heterocycles. The third kappa shape index (κ3) is 4.78. The number of carbonyl (C=O) groups excluding carboxylic acids is 1. The van der Waals surface area contributed by atoms with E-state index < -0.39 is 0 Å². The lowest BCUT2D eigenvalue weighted by atomic mass is 9.53. The van der Waals surface area contributed by atoms with Crippen LogP contribution in [0.4, 0.5) is 5.69 Å². The van der Waals surface area contributed by atoms with Crippen LogP contribution in [0.1, 0.15) is 81.8 Å². The number of ether oxygens (including phenoxy) is 2. The summed E-state index contributed by atoms with van der Waals surface area (Å²) >= 11 is 0. The summed E-state index contributed by atoms with van der Waals surface area (Å²) < 4.78 is 16.7. The van der Waals surface area contributed by atoms with Gasteiger partial charge in [0, 0.05) is 54.5 Å². The van der Waals surface area contributed by atoms with Gasteiger partial charge in [-0.1, -0.05) is 17.3 Å². The van der Waals surface area contributed by atoms with Gasteiger partial charge in [-0.05, 0) is 87.8 Å². The monoisotopic (exact) mass is 543 g/mol. The minimum atomic E-state index is -0.0153. The minimum absolute atomic E-state index is 0.00340. The Bertz CT molecular complexity index is 1350. The fourth-order valence-electron chi connectivity index (χ4n) is 7.01. The van der Waals surface area contributed by atoms with Gasteiger partial charge in [0.05, 0.1) is 12.8 Å². The molecule has 0 spiro atoms. The second-order valence-corrected chi connectivity index (χ2v) is 12.3. The summed E-state index contributed by atoms with van der Waals surface area (Å²) in [7, 11) is 1.57. The van der Waals surface area contributed by atoms with E-state index in [2.05, 4.69) is 32.2 Å². The highest BCUT2D eigenvalue weighted by molar-refractivity contribution is 5.95. The highest BCUT2D eigenvalue weighted by Crippen LogP contribution is 2.58. The number of methoxy groups -OCH3 is 1. The third-order valence-electron chi connectivity index (χ3n) is 9.84. The third-order valence-corrected chi connectivity index (χ3v) is 9.84. The van der Waals surface area contributed by atoms with E-state index in [9.17, 15) is 4.79 Å². The summed E-state index contributed by atoms with van der Waals surface area (Å²) in [5.41, 5.74) is 2.74. The average Bonchev–Trinajstić information content (AvgIpc) is 3.76. The molecule has 1 aliphatic heterocycles. The average molecular weight is 544 g/mol. The number of hydrogen-bond donors (Lipinski definition) is 0. The lowest BCUT2D eigenvalue weighted by Crippen LogP contribution is -2.52. The summed E-state index contributed by atoms with van der Waals surface area (Å²) in [4.78, 5) is 29.8. The molecule has 1 amide bonds. The minimum Gasteiger partial charge on any atom is -0.467 e. The number of hydrogen-bond acceptors (Lipinski definition) is 8. The first kappa shape index (κ1) is 25.6. The fourth-order valence-corrected chi connectivity index (χ4v) is 7.01. The van der Waals surface area contributed by atoms with E-state index in [1.807, 2.05) is 18.2 Å². The summed E-state index contributed by atoms with van der Waals surface area (Å²) in [6, 6.07) is 10.4. The quantitative estimate of drug-likeness (QED) is 0.369. The zero-order valence-electron chi connectivity index (χ0n) is 23.2.